The van der Waals surface area contributed by atoms with Gasteiger partial charge in [0, 0.05) is 38.3 Å². The zero-order valence-corrected chi connectivity index (χ0v) is 18.9. The topological polar surface area (TPSA) is 57.2 Å². The average Bonchev–Trinajstić information content (AvgIpc) is 3.14. The molecule has 2 aromatic carbocycles. The molecule has 33 heavy (non-hydrogen) atoms. The van der Waals surface area contributed by atoms with Gasteiger partial charge in [0.05, 0.1) is 5.56 Å². The summed E-state index contributed by atoms with van der Waals surface area (Å²) in [6.07, 6.45) is -4.35. The van der Waals surface area contributed by atoms with E-state index in [9.17, 15) is 18.0 Å². The van der Waals surface area contributed by atoms with Crippen molar-refractivity contribution in [2.24, 2.45) is 0 Å². The number of aromatic nitrogens is 3. The Hall–Kier alpha value is -2.98. The highest BCUT2D eigenvalue weighted by Crippen LogP contribution is 2.29. The maximum Gasteiger partial charge on any atom is 0.416 e. The van der Waals surface area contributed by atoms with Crippen LogP contribution in [-0.4, -0.2) is 56.7 Å². The number of carbonyl (C=O) groups is 1. The lowest BCUT2D eigenvalue weighted by molar-refractivity contribution is -0.137. The van der Waals surface area contributed by atoms with Gasteiger partial charge in [-0.25, -0.2) is 0 Å². The molecule has 10 heteroatoms. The van der Waals surface area contributed by atoms with Crippen molar-refractivity contribution in [3.8, 4) is 11.4 Å². The van der Waals surface area contributed by atoms with Crippen LogP contribution < -0.4 is 0 Å². The summed E-state index contributed by atoms with van der Waals surface area (Å²) in [5.74, 6) is 0.538. The molecule has 6 nitrogen and oxygen atoms in total. The van der Waals surface area contributed by atoms with Gasteiger partial charge in [0.1, 0.15) is 6.54 Å². The van der Waals surface area contributed by atoms with E-state index in [1.165, 1.54) is 12.1 Å². The van der Waals surface area contributed by atoms with Crippen LogP contribution in [0.2, 0.25) is 0 Å². The monoisotopic (exact) mass is 475 g/mol. The predicted octanol–water partition coefficient (Wildman–Crippen LogP) is 4.28. The van der Waals surface area contributed by atoms with E-state index in [1.54, 1.807) is 15.5 Å². The Morgan fingerprint density at radius 3 is 2.45 bits per heavy atom. The quantitative estimate of drug-likeness (QED) is 0.560. The molecule has 1 saturated heterocycles. The van der Waals surface area contributed by atoms with Crippen molar-refractivity contribution >= 4 is 18.1 Å². The molecule has 0 bridgehead atoms. The van der Waals surface area contributed by atoms with E-state index < -0.39 is 11.7 Å². The van der Waals surface area contributed by atoms with Gasteiger partial charge in [-0.1, -0.05) is 48.0 Å². The van der Waals surface area contributed by atoms with Crippen LogP contribution in [0.25, 0.3) is 11.4 Å². The number of benzene rings is 2. The number of amides is 1. The second-order valence-corrected chi connectivity index (χ2v) is 8.55. The lowest BCUT2D eigenvalue weighted by Crippen LogP contribution is -2.49. The van der Waals surface area contributed by atoms with E-state index >= 15 is 0 Å². The van der Waals surface area contributed by atoms with Crippen molar-refractivity contribution in [3.63, 3.8) is 0 Å². The fourth-order valence-corrected chi connectivity index (χ4v) is 4.08. The molecule has 1 aromatic heterocycles. The van der Waals surface area contributed by atoms with Crippen molar-refractivity contribution < 1.29 is 18.0 Å². The van der Waals surface area contributed by atoms with Crippen LogP contribution in [0, 0.1) is 11.7 Å². The van der Waals surface area contributed by atoms with Crippen molar-refractivity contribution in [1.29, 1.82) is 0 Å². The molecule has 3 aromatic rings. The maximum absolute atomic E-state index is 13.0. The third kappa shape index (κ3) is 5.51. The average molecular weight is 476 g/mol. The summed E-state index contributed by atoms with van der Waals surface area (Å²) in [5.41, 5.74) is 1.96. The zero-order valence-electron chi connectivity index (χ0n) is 18.1. The van der Waals surface area contributed by atoms with Crippen molar-refractivity contribution in [2.45, 2.75) is 26.2 Å². The Morgan fingerprint density at radius 1 is 1.09 bits per heavy atom. The van der Waals surface area contributed by atoms with Crippen molar-refractivity contribution in [1.82, 2.24) is 24.6 Å². The SMILES string of the molecule is Cc1ccc(-c2n[nH]c(=S)n2CC(=O)N2CCN(Cc3cccc(C(F)(F)F)c3)CC2)cc1. The molecule has 0 spiro atoms. The highest BCUT2D eigenvalue weighted by atomic mass is 32.1. The second-order valence-electron chi connectivity index (χ2n) is 8.16. The molecule has 2 heterocycles. The molecule has 174 valence electrons. The fraction of sp³-hybridized carbons (Fsp3) is 0.348. The molecule has 0 atom stereocenters. The van der Waals surface area contributed by atoms with Gasteiger partial charge in [0.25, 0.3) is 0 Å². The Labute approximate surface area is 194 Å². The van der Waals surface area contributed by atoms with E-state index in [0.717, 1.165) is 17.2 Å². The minimum absolute atomic E-state index is 0.0698. The molecule has 1 fully saturated rings. The fourth-order valence-electron chi connectivity index (χ4n) is 3.88. The number of H-pyrrole nitrogens is 1. The molecule has 0 aliphatic carbocycles. The normalized spacial score (nSPS) is 15.1. The molecule has 1 N–H and O–H groups in total. The largest absolute Gasteiger partial charge is 0.416 e. The summed E-state index contributed by atoms with van der Waals surface area (Å²) in [6.45, 7) is 4.67. The Bertz CT molecular complexity index is 1180. The summed E-state index contributed by atoms with van der Waals surface area (Å²) < 4.78 is 40.9. The van der Waals surface area contributed by atoms with Gasteiger partial charge in [0.15, 0.2) is 10.6 Å². The zero-order chi connectivity index (χ0) is 23.6. The minimum atomic E-state index is -4.35. The standard InChI is InChI=1S/C23H24F3N5OS/c1-16-5-7-18(8-6-16)21-27-28-22(33)31(21)15-20(32)30-11-9-29(10-12-30)14-17-3-2-4-19(13-17)23(24,25)26/h2-8,13H,9-12,14-15H2,1H3,(H,28,33). The summed E-state index contributed by atoms with van der Waals surface area (Å²) in [7, 11) is 0. The number of carbonyl (C=O) groups excluding carboxylic acids is 1. The lowest BCUT2D eigenvalue weighted by Gasteiger charge is -2.35. The number of alkyl halides is 3. The summed E-state index contributed by atoms with van der Waals surface area (Å²) in [5, 5.41) is 7.05. The first-order chi connectivity index (χ1) is 15.7. The van der Waals surface area contributed by atoms with Crippen LogP contribution in [0.3, 0.4) is 0 Å². The first kappa shape index (κ1) is 23.2. The first-order valence-corrected chi connectivity index (χ1v) is 11.0. The Balaban J connectivity index is 1.37. The Morgan fingerprint density at radius 2 is 1.79 bits per heavy atom. The molecule has 0 saturated carbocycles. The number of nitrogens with one attached hydrogen (secondary N) is 1. The number of hydrogen-bond acceptors (Lipinski definition) is 4. The van der Waals surface area contributed by atoms with Crippen LogP contribution in [0.1, 0.15) is 16.7 Å². The van der Waals surface area contributed by atoms with E-state index in [0.29, 0.717) is 48.9 Å². The molecule has 0 unspecified atom stereocenters. The second kappa shape index (κ2) is 9.48. The lowest BCUT2D eigenvalue weighted by atomic mass is 10.1. The first-order valence-electron chi connectivity index (χ1n) is 10.6. The van der Waals surface area contributed by atoms with E-state index in [4.69, 9.17) is 12.2 Å². The van der Waals surface area contributed by atoms with E-state index in [1.807, 2.05) is 31.2 Å². The van der Waals surface area contributed by atoms with E-state index in [2.05, 4.69) is 15.1 Å². The van der Waals surface area contributed by atoms with Crippen LogP contribution in [0.15, 0.2) is 48.5 Å². The smallest absolute Gasteiger partial charge is 0.339 e. The summed E-state index contributed by atoms with van der Waals surface area (Å²) >= 11 is 5.33. The van der Waals surface area contributed by atoms with Crippen LogP contribution in [0.5, 0.6) is 0 Å². The molecule has 1 amide bonds. The molecular formula is C23H24F3N5OS. The maximum atomic E-state index is 13.0. The molecule has 0 radical (unpaired) electrons. The van der Waals surface area contributed by atoms with Gasteiger partial charge < -0.3 is 4.90 Å². The number of rotatable bonds is 5. The third-order valence-corrected chi connectivity index (χ3v) is 6.06. The van der Waals surface area contributed by atoms with Gasteiger partial charge in [-0.05, 0) is 30.8 Å². The van der Waals surface area contributed by atoms with E-state index in [-0.39, 0.29) is 12.5 Å². The van der Waals surface area contributed by atoms with Crippen LogP contribution >= 0.6 is 12.2 Å². The van der Waals surface area contributed by atoms with Gasteiger partial charge in [-0.3, -0.25) is 19.4 Å². The summed E-state index contributed by atoms with van der Waals surface area (Å²) in [6, 6.07) is 13.2. The number of hydrogen-bond donors (Lipinski definition) is 1. The molecule has 1 aliphatic heterocycles. The third-order valence-electron chi connectivity index (χ3n) is 5.75. The van der Waals surface area contributed by atoms with Crippen molar-refractivity contribution in [2.75, 3.05) is 26.2 Å². The molecule has 1 aliphatic rings. The number of halogens is 3. The minimum Gasteiger partial charge on any atom is -0.339 e. The van der Waals surface area contributed by atoms with Crippen LogP contribution in [0.4, 0.5) is 13.2 Å². The summed E-state index contributed by atoms with van der Waals surface area (Å²) in [4.78, 5) is 16.8. The highest BCUT2D eigenvalue weighted by molar-refractivity contribution is 7.71. The predicted molar refractivity (Wildman–Crippen MR) is 121 cm³/mol. The van der Waals surface area contributed by atoms with Gasteiger partial charge >= 0.3 is 6.18 Å². The van der Waals surface area contributed by atoms with Crippen molar-refractivity contribution in [3.05, 3.63) is 70.0 Å². The van der Waals surface area contributed by atoms with Gasteiger partial charge in [-0.2, -0.15) is 18.3 Å². The Kier molecular flexibility index (Phi) is 6.66. The number of aryl methyl sites for hydroxylation is 1. The van der Waals surface area contributed by atoms with Gasteiger partial charge in [-0.15, -0.1) is 0 Å². The number of nitrogens with zero attached hydrogens (tertiary/aromatic N) is 4. The molecule has 4 rings (SSSR count). The molecular weight excluding hydrogens is 451 g/mol. The van der Waals surface area contributed by atoms with Crippen LogP contribution in [-0.2, 0) is 24.1 Å². The number of aromatic amines is 1. The van der Waals surface area contributed by atoms with Gasteiger partial charge in [0.2, 0.25) is 5.91 Å². The highest BCUT2D eigenvalue weighted by Gasteiger charge is 2.30. The number of piperazine rings is 1.